The minimum Gasteiger partial charge on any atom is -0.299 e. The number of carbonyl (C=O) groups excluding carboxylic acids is 1. The lowest BCUT2D eigenvalue weighted by atomic mass is 9.50. The predicted octanol–water partition coefficient (Wildman–Crippen LogP) is 7.45. The van der Waals surface area contributed by atoms with Crippen LogP contribution in [-0.2, 0) is 4.79 Å². The first-order valence-corrected chi connectivity index (χ1v) is 12.6. The monoisotopic (exact) mass is 384 g/mol. The standard InChI is InChI=1S/C27H44O/c1-17(2)7-6-8-18(3)24-12-13-25-23-10-9-20-19(4)26(28)14-11-21(20)22(23)15-16-27(24,25)5/h9,17-19,21-25H,6-8,10-16H2,1-5H3/t18-,19+,21?,22+,23-,24-,25+,27-/m1/s1. The summed E-state index contributed by atoms with van der Waals surface area (Å²) >= 11 is 0. The van der Waals surface area contributed by atoms with E-state index in [0.29, 0.717) is 11.2 Å². The largest absolute Gasteiger partial charge is 0.299 e. The molecule has 4 aliphatic carbocycles. The van der Waals surface area contributed by atoms with Gasteiger partial charge in [-0.1, -0.05) is 65.5 Å². The van der Waals surface area contributed by atoms with Crippen LogP contribution in [0, 0.1) is 52.8 Å². The van der Waals surface area contributed by atoms with E-state index in [2.05, 4.69) is 40.7 Å². The molecule has 0 saturated heterocycles. The van der Waals surface area contributed by atoms with Gasteiger partial charge in [0.25, 0.3) is 0 Å². The average Bonchev–Trinajstić information content (AvgIpc) is 3.01. The Kier molecular flexibility index (Phi) is 5.85. The Hall–Kier alpha value is -0.590. The van der Waals surface area contributed by atoms with Crippen LogP contribution in [0.2, 0.25) is 0 Å². The molecule has 1 nitrogen and oxygen atoms in total. The second kappa shape index (κ2) is 7.92. The van der Waals surface area contributed by atoms with E-state index in [1.165, 1.54) is 56.9 Å². The molecular formula is C27H44O. The molecule has 0 aliphatic heterocycles. The summed E-state index contributed by atoms with van der Waals surface area (Å²) in [6.07, 6.45) is 15.9. The number of hydrogen-bond donors (Lipinski definition) is 0. The summed E-state index contributed by atoms with van der Waals surface area (Å²) in [4.78, 5) is 12.2. The summed E-state index contributed by atoms with van der Waals surface area (Å²) in [5.74, 6) is 6.86. The molecule has 0 bridgehead atoms. The third-order valence-electron chi connectivity index (χ3n) is 9.95. The third kappa shape index (κ3) is 3.43. The topological polar surface area (TPSA) is 17.1 Å². The van der Waals surface area contributed by atoms with Crippen molar-refractivity contribution < 1.29 is 4.79 Å². The summed E-state index contributed by atoms with van der Waals surface area (Å²) in [7, 11) is 0. The van der Waals surface area contributed by atoms with Gasteiger partial charge in [0, 0.05) is 12.3 Å². The number of fused-ring (bicyclic) bond motifs is 5. The van der Waals surface area contributed by atoms with Gasteiger partial charge in [-0.2, -0.15) is 0 Å². The van der Waals surface area contributed by atoms with Crippen molar-refractivity contribution in [3.05, 3.63) is 11.6 Å². The van der Waals surface area contributed by atoms with E-state index in [4.69, 9.17) is 0 Å². The lowest BCUT2D eigenvalue weighted by molar-refractivity contribution is -0.124. The van der Waals surface area contributed by atoms with Crippen LogP contribution in [0.1, 0.15) is 98.8 Å². The van der Waals surface area contributed by atoms with Crippen molar-refractivity contribution in [3.63, 3.8) is 0 Å². The van der Waals surface area contributed by atoms with Crippen LogP contribution in [0.3, 0.4) is 0 Å². The molecule has 28 heavy (non-hydrogen) atoms. The van der Waals surface area contributed by atoms with Gasteiger partial charge in [-0.15, -0.1) is 0 Å². The highest BCUT2D eigenvalue weighted by Gasteiger charge is 2.56. The lowest BCUT2D eigenvalue weighted by Gasteiger charge is -2.54. The first kappa shape index (κ1) is 20.7. The Morgan fingerprint density at radius 1 is 1.07 bits per heavy atom. The third-order valence-corrected chi connectivity index (χ3v) is 9.95. The molecule has 3 saturated carbocycles. The number of carbonyl (C=O) groups is 1. The van der Waals surface area contributed by atoms with Crippen LogP contribution in [-0.4, -0.2) is 5.78 Å². The van der Waals surface area contributed by atoms with E-state index in [0.717, 1.165) is 54.3 Å². The maximum absolute atomic E-state index is 12.2. The van der Waals surface area contributed by atoms with Gasteiger partial charge in [-0.3, -0.25) is 4.79 Å². The van der Waals surface area contributed by atoms with Gasteiger partial charge in [0.2, 0.25) is 0 Å². The van der Waals surface area contributed by atoms with Gasteiger partial charge < -0.3 is 0 Å². The van der Waals surface area contributed by atoms with Crippen molar-refractivity contribution in [2.24, 2.45) is 52.8 Å². The number of Topliss-reactive ketones (excluding diaryl/α,β-unsaturated/α-hetero) is 1. The highest BCUT2D eigenvalue weighted by molar-refractivity contribution is 5.84. The van der Waals surface area contributed by atoms with E-state index >= 15 is 0 Å². The maximum atomic E-state index is 12.2. The summed E-state index contributed by atoms with van der Waals surface area (Å²) in [5.41, 5.74) is 2.12. The number of ketones is 1. The van der Waals surface area contributed by atoms with Crippen LogP contribution < -0.4 is 0 Å². The second-order valence-corrected chi connectivity index (χ2v) is 11.7. The van der Waals surface area contributed by atoms with Gasteiger partial charge in [0.1, 0.15) is 5.78 Å². The fraction of sp³-hybridized carbons (Fsp3) is 0.889. The smallest absolute Gasteiger partial charge is 0.139 e. The molecule has 4 aliphatic rings. The van der Waals surface area contributed by atoms with Crippen molar-refractivity contribution in [1.82, 2.24) is 0 Å². The fourth-order valence-corrected chi connectivity index (χ4v) is 8.43. The highest BCUT2D eigenvalue weighted by atomic mass is 16.1. The first-order chi connectivity index (χ1) is 13.3. The molecule has 0 heterocycles. The van der Waals surface area contributed by atoms with E-state index in [9.17, 15) is 4.79 Å². The predicted molar refractivity (Wildman–Crippen MR) is 118 cm³/mol. The van der Waals surface area contributed by atoms with Gasteiger partial charge >= 0.3 is 0 Å². The highest BCUT2D eigenvalue weighted by Crippen LogP contribution is 2.64. The van der Waals surface area contributed by atoms with Gasteiger partial charge in [-0.05, 0) is 85.4 Å². The Bertz CT molecular complexity index is 616. The zero-order valence-corrected chi connectivity index (χ0v) is 19.2. The molecule has 0 aromatic heterocycles. The molecule has 1 heteroatoms. The van der Waals surface area contributed by atoms with Crippen LogP contribution in [0.4, 0.5) is 0 Å². The van der Waals surface area contributed by atoms with Crippen LogP contribution in [0.5, 0.6) is 0 Å². The molecule has 0 spiro atoms. The quantitative estimate of drug-likeness (QED) is 0.450. The zero-order chi connectivity index (χ0) is 20.1. The number of hydrogen-bond acceptors (Lipinski definition) is 1. The van der Waals surface area contributed by atoms with E-state index in [-0.39, 0.29) is 5.92 Å². The minimum atomic E-state index is 0.213. The Morgan fingerprint density at radius 2 is 1.86 bits per heavy atom. The Balaban J connectivity index is 1.48. The summed E-state index contributed by atoms with van der Waals surface area (Å²) in [5, 5.41) is 0. The van der Waals surface area contributed by atoms with E-state index in [1.807, 2.05) is 0 Å². The first-order valence-electron chi connectivity index (χ1n) is 12.6. The molecule has 8 atom stereocenters. The molecule has 0 radical (unpaired) electrons. The summed E-state index contributed by atoms with van der Waals surface area (Å²) in [6, 6.07) is 0. The summed E-state index contributed by atoms with van der Waals surface area (Å²) < 4.78 is 0. The Labute approximate surface area is 174 Å². The molecule has 4 rings (SSSR count). The average molecular weight is 385 g/mol. The SMILES string of the molecule is CC(C)CCC[C@@H](C)[C@H]1CC[C@H]2[C@@H]3CC=C4C(CCC(=O)[C@H]4C)[C@@H]3CC[C@]12C. The van der Waals surface area contributed by atoms with Crippen molar-refractivity contribution >= 4 is 5.78 Å². The van der Waals surface area contributed by atoms with Crippen molar-refractivity contribution in [3.8, 4) is 0 Å². The number of allylic oxidation sites excluding steroid dienone is 2. The van der Waals surface area contributed by atoms with Crippen molar-refractivity contribution in [1.29, 1.82) is 0 Å². The van der Waals surface area contributed by atoms with Crippen LogP contribution >= 0.6 is 0 Å². The Morgan fingerprint density at radius 3 is 2.61 bits per heavy atom. The second-order valence-electron chi connectivity index (χ2n) is 11.7. The van der Waals surface area contributed by atoms with Gasteiger partial charge in [0.15, 0.2) is 0 Å². The molecule has 3 fully saturated rings. The molecule has 0 amide bonds. The molecule has 0 aromatic carbocycles. The van der Waals surface area contributed by atoms with E-state index < -0.39 is 0 Å². The molecule has 0 N–H and O–H groups in total. The van der Waals surface area contributed by atoms with Gasteiger partial charge in [-0.25, -0.2) is 0 Å². The van der Waals surface area contributed by atoms with E-state index in [1.54, 1.807) is 0 Å². The zero-order valence-electron chi connectivity index (χ0n) is 19.2. The van der Waals surface area contributed by atoms with Crippen molar-refractivity contribution in [2.75, 3.05) is 0 Å². The molecule has 1 unspecified atom stereocenters. The van der Waals surface area contributed by atoms with Crippen LogP contribution in [0.15, 0.2) is 11.6 Å². The fourth-order valence-electron chi connectivity index (χ4n) is 8.43. The lowest BCUT2D eigenvalue weighted by Crippen LogP contribution is -2.47. The minimum absolute atomic E-state index is 0.213. The summed E-state index contributed by atoms with van der Waals surface area (Å²) in [6.45, 7) is 12.2. The molecule has 158 valence electrons. The van der Waals surface area contributed by atoms with Crippen molar-refractivity contribution in [2.45, 2.75) is 98.8 Å². The maximum Gasteiger partial charge on any atom is 0.139 e. The van der Waals surface area contributed by atoms with Gasteiger partial charge in [0.05, 0.1) is 0 Å². The molecule has 0 aromatic rings. The number of rotatable bonds is 5. The van der Waals surface area contributed by atoms with Crippen LogP contribution in [0.25, 0.3) is 0 Å². The normalized spacial score (nSPS) is 43.9. The molecular weight excluding hydrogens is 340 g/mol.